The monoisotopic (exact) mass is 334 g/mol. The molecule has 0 aliphatic heterocycles. The summed E-state index contributed by atoms with van der Waals surface area (Å²) in [5.74, 6) is -0.290. The van der Waals surface area contributed by atoms with Crippen molar-refractivity contribution in [3.8, 4) is 0 Å². The van der Waals surface area contributed by atoms with E-state index in [1.54, 1.807) is 0 Å². The molecular formula is C18H26N2O2S. The minimum absolute atomic E-state index is 0.0380. The van der Waals surface area contributed by atoms with Crippen LogP contribution in [0.2, 0.25) is 0 Å². The van der Waals surface area contributed by atoms with Crippen LogP contribution in [0.25, 0.3) is 0 Å². The fourth-order valence-electron chi connectivity index (χ4n) is 2.79. The predicted octanol–water partition coefficient (Wildman–Crippen LogP) is 3.36. The van der Waals surface area contributed by atoms with Crippen molar-refractivity contribution in [1.82, 2.24) is 10.6 Å². The first-order valence-electron chi connectivity index (χ1n) is 8.42. The van der Waals surface area contributed by atoms with Gasteiger partial charge in [-0.3, -0.25) is 9.59 Å². The van der Waals surface area contributed by atoms with Crippen LogP contribution >= 0.6 is 11.3 Å². The lowest BCUT2D eigenvalue weighted by Gasteiger charge is -2.13. The summed E-state index contributed by atoms with van der Waals surface area (Å²) in [4.78, 5) is 25.8. The second-order valence-electron chi connectivity index (χ2n) is 5.96. The third-order valence-corrected chi connectivity index (χ3v) is 5.51. The van der Waals surface area contributed by atoms with Crippen molar-refractivity contribution < 1.29 is 9.59 Å². The van der Waals surface area contributed by atoms with Gasteiger partial charge in [-0.05, 0) is 57.1 Å². The van der Waals surface area contributed by atoms with Crippen LogP contribution in [0.1, 0.15) is 59.1 Å². The van der Waals surface area contributed by atoms with Crippen LogP contribution in [0, 0.1) is 6.92 Å². The second-order valence-corrected chi connectivity index (χ2v) is 7.10. The summed E-state index contributed by atoms with van der Waals surface area (Å²) in [5.41, 5.74) is 2.59. The van der Waals surface area contributed by atoms with E-state index in [1.807, 2.05) is 13.0 Å². The van der Waals surface area contributed by atoms with Crippen molar-refractivity contribution in [2.75, 3.05) is 13.1 Å². The smallest absolute Gasteiger partial charge is 0.261 e. The average Bonchev–Trinajstić information content (AvgIpc) is 2.94. The van der Waals surface area contributed by atoms with E-state index < -0.39 is 0 Å². The van der Waals surface area contributed by atoms with Crippen LogP contribution in [0.4, 0.5) is 0 Å². The molecule has 1 aliphatic rings. The molecule has 0 aromatic carbocycles. The molecule has 2 amide bonds. The van der Waals surface area contributed by atoms with E-state index >= 15 is 0 Å². The molecule has 0 unspecified atom stereocenters. The topological polar surface area (TPSA) is 58.2 Å². The zero-order valence-corrected chi connectivity index (χ0v) is 14.9. The van der Waals surface area contributed by atoms with Gasteiger partial charge in [0.1, 0.15) is 0 Å². The van der Waals surface area contributed by atoms with Crippen molar-refractivity contribution in [3.05, 3.63) is 33.0 Å². The third kappa shape index (κ3) is 5.50. The molecule has 1 aliphatic carbocycles. The summed E-state index contributed by atoms with van der Waals surface area (Å²) < 4.78 is 0. The molecule has 0 bridgehead atoms. The first-order chi connectivity index (χ1) is 11.1. The molecule has 2 rings (SSSR count). The highest BCUT2D eigenvalue weighted by Crippen LogP contribution is 2.22. The van der Waals surface area contributed by atoms with Crippen LogP contribution in [-0.4, -0.2) is 24.9 Å². The van der Waals surface area contributed by atoms with Crippen molar-refractivity contribution in [3.63, 3.8) is 0 Å². The van der Waals surface area contributed by atoms with Gasteiger partial charge in [-0.1, -0.05) is 18.6 Å². The van der Waals surface area contributed by atoms with Gasteiger partial charge >= 0.3 is 0 Å². The molecule has 1 heterocycles. The Morgan fingerprint density at radius 3 is 2.74 bits per heavy atom. The molecular weight excluding hydrogens is 308 g/mol. The molecule has 23 heavy (non-hydrogen) atoms. The zero-order valence-electron chi connectivity index (χ0n) is 14.0. The molecule has 4 nitrogen and oxygen atoms in total. The van der Waals surface area contributed by atoms with Crippen LogP contribution < -0.4 is 10.6 Å². The number of carbonyl (C=O) groups excluding carboxylic acids is 2. The van der Waals surface area contributed by atoms with Gasteiger partial charge < -0.3 is 10.6 Å². The van der Waals surface area contributed by atoms with E-state index in [4.69, 9.17) is 0 Å². The molecule has 0 saturated heterocycles. The predicted molar refractivity (Wildman–Crippen MR) is 94.9 cm³/mol. The number of hydrogen-bond acceptors (Lipinski definition) is 3. The van der Waals surface area contributed by atoms with E-state index in [-0.39, 0.29) is 18.4 Å². The Labute approximate surface area is 142 Å². The highest BCUT2D eigenvalue weighted by atomic mass is 32.1. The summed E-state index contributed by atoms with van der Waals surface area (Å²) in [6, 6.07) is 1.90. The quantitative estimate of drug-likeness (QED) is 0.751. The molecule has 1 aromatic heterocycles. The van der Waals surface area contributed by atoms with Gasteiger partial charge in [0.15, 0.2) is 0 Å². The Balaban J connectivity index is 1.69. The summed E-state index contributed by atoms with van der Waals surface area (Å²) >= 11 is 1.50. The zero-order chi connectivity index (χ0) is 16.7. The summed E-state index contributed by atoms with van der Waals surface area (Å²) in [6.07, 6.45) is 9.01. The first kappa shape index (κ1) is 17.7. The van der Waals surface area contributed by atoms with Crippen LogP contribution in [0.3, 0.4) is 0 Å². The van der Waals surface area contributed by atoms with E-state index in [0.29, 0.717) is 11.4 Å². The number of amides is 2. The van der Waals surface area contributed by atoms with Gasteiger partial charge in [-0.2, -0.15) is 0 Å². The maximum atomic E-state index is 12.1. The lowest BCUT2D eigenvalue weighted by atomic mass is 9.97. The van der Waals surface area contributed by atoms with Gasteiger partial charge in [0.2, 0.25) is 5.91 Å². The van der Waals surface area contributed by atoms with Gasteiger partial charge in [0.25, 0.3) is 5.91 Å². The number of nitrogens with one attached hydrogen (secondary N) is 2. The lowest BCUT2D eigenvalue weighted by Crippen LogP contribution is -2.37. The Morgan fingerprint density at radius 2 is 2.09 bits per heavy atom. The van der Waals surface area contributed by atoms with Crippen molar-refractivity contribution in [2.45, 2.75) is 52.4 Å². The molecule has 2 N–H and O–H groups in total. The largest absolute Gasteiger partial charge is 0.354 e. The Bertz CT molecular complexity index is 590. The SMILES string of the molecule is CCc1sc(C(=O)NCC(=O)NCCC2=CCCCC2)cc1C. The molecule has 5 heteroatoms. The Hall–Kier alpha value is -1.62. The van der Waals surface area contributed by atoms with Crippen molar-refractivity contribution in [1.29, 1.82) is 0 Å². The van der Waals surface area contributed by atoms with E-state index in [2.05, 4.69) is 23.6 Å². The molecule has 1 aromatic rings. The van der Waals surface area contributed by atoms with Gasteiger partial charge in [-0.25, -0.2) is 0 Å². The molecule has 0 atom stereocenters. The number of allylic oxidation sites excluding steroid dienone is 1. The molecule has 0 saturated carbocycles. The number of aryl methyl sites for hydroxylation is 2. The minimum Gasteiger partial charge on any atom is -0.354 e. The highest BCUT2D eigenvalue weighted by molar-refractivity contribution is 7.14. The maximum absolute atomic E-state index is 12.1. The summed E-state index contributed by atoms with van der Waals surface area (Å²) in [6.45, 7) is 4.78. The van der Waals surface area contributed by atoms with Crippen molar-refractivity contribution >= 4 is 23.2 Å². The molecule has 126 valence electrons. The normalized spacial score (nSPS) is 14.3. The maximum Gasteiger partial charge on any atom is 0.261 e. The highest BCUT2D eigenvalue weighted by Gasteiger charge is 2.12. The molecule has 0 spiro atoms. The fourth-order valence-corrected chi connectivity index (χ4v) is 3.82. The average molecular weight is 334 g/mol. The second kappa shape index (κ2) is 8.87. The first-order valence-corrected chi connectivity index (χ1v) is 9.24. The van der Waals surface area contributed by atoms with E-state index in [0.717, 1.165) is 24.8 Å². The standard InChI is InChI=1S/C18H26N2O2S/c1-3-15-13(2)11-16(23-15)18(22)20-12-17(21)19-10-9-14-7-5-4-6-8-14/h7,11H,3-6,8-10,12H2,1-2H3,(H,19,21)(H,20,22). The third-order valence-electron chi connectivity index (χ3n) is 4.13. The van der Waals surface area contributed by atoms with Crippen LogP contribution in [-0.2, 0) is 11.2 Å². The lowest BCUT2D eigenvalue weighted by molar-refractivity contribution is -0.120. The van der Waals surface area contributed by atoms with Gasteiger partial charge in [-0.15, -0.1) is 11.3 Å². The van der Waals surface area contributed by atoms with Crippen LogP contribution in [0.5, 0.6) is 0 Å². The number of carbonyl (C=O) groups is 2. The summed E-state index contributed by atoms with van der Waals surface area (Å²) in [7, 11) is 0. The number of thiophene rings is 1. The van der Waals surface area contributed by atoms with E-state index in [1.165, 1.54) is 41.0 Å². The Kier molecular flexibility index (Phi) is 6.84. The van der Waals surface area contributed by atoms with Crippen LogP contribution in [0.15, 0.2) is 17.7 Å². The number of rotatable bonds is 7. The molecule has 0 fully saturated rings. The van der Waals surface area contributed by atoms with Gasteiger partial charge in [0.05, 0.1) is 11.4 Å². The van der Waals surface area contributed by atoms with E-state index in [9.17, 15) is 9.59 Å². The fraction of sp³-hybridized carbons (Fsp3) is 0.556. The molecule has 0 radical (unpaired) electrons. The Morgan fingerprint density at radius 1 is 1.26 bits per heavy atom. The summed E-state index contributed by atoms with van der Waals surface area (Å²) in [5, 5.41) is 5.57. The number of hydrogen-bond donors (Lipinski definition) is 2. The minimum atomic E-state index is -0.164. The van der Waals surface area contributed by atoms with Gasteiger partial charge in [0, 0.05) is 11.4 Å². The van der Waals surface area contributed by atoms with Crippen molar-refractivity contribution in [2.24, 2.45) is 0 Å².